The molecule has 1 rings (SSSR count). The summed E-state index contributed by atoms with van der Waals surface area (Å²) < 4.78 is 0. The summed E-state index contributed by atoms with van der Waals surface area (Å²) >= 11 is 0. The molecular formula is C7H12N2O3. The van der Waals surface area contributed by atoms with Crippen molar-refractivity contribution in [1.29, 1.82) is 0 Å². The molecule has 2 N–H and O–H groups in total. The largest absolute Gasteiger partial charge is 0.481 e. The molecule has 1 atom stereocenters. The number of carbonyl (C=O) groups is 2. The number of carboxylic acid groups (broad SMARTS) is 1. The van der Waals surface area contributed by atoms with E-state index in [9.17, 15) is 9.59 Å². The molecule has 5 heteroatoms. The summed E-state index contributed by atoms with van der Waals surface area (Å²) in [6.07, 6.45) is 0.0671. The number of aliphatic carboxylic acids is 1. The molecule has 0 radical (unpaired) electrons. The zero-order valence-electron chi connectivity index (χ0n) is 6.91. The maximum Gasteiger partial charge on any atom is 0.304 e. The minimum Gasteiger partial charge on any atom is -0.481 e. The molecule has 1 aliphatic heterocycles. The van der Waals surface area contributed by atoms with E-state index >= 15 is 0 Å². The van der Waals surface area contributed by atoms with Crippen LogP contribution in [0.15, 0.2) is 0 Å². The van der Waals surface area contributed by atoms with Crippen molar-refractivity contribution in [3.05, 3.63) is 0 Å². The highest BCUT2D eigenvalue weighted by Crippen LogP contribution is 2.01. The second kappa shape index (κ2) is 3.53. The standard InChI is InChI=1S/C7H12N2O3/c1-9-4-5(2-7(11)12)8-3-6(9)10/h5,8H,2-4H2,1H3,(H,11,12). The van der Waals surface area contributed by atoms with E-state index in [2.05, 4.69) is 5.32 Å². The second-order valence-electron chi connectivity index (χ2n) is 2.95. The van der Waals surface area contributed by atoms with E-state index in [0.717, 1.165) is 0 Å². The van der Waals surface area contributed by atoms with Gasteiger partial charge in [-0.05, 0) is 0 Å². The molecule has 1 aliphatic rings. The zero-order chi connectivity index (χ0) is 9.14. The first-order chi connectivity index (χ1) is 5.59. The molecule has 1 fully saturated rings. The van der Waals surface area contributed by atoms with Gasteiger partial charge in [0.05, 0.1) is 13.0 Å². The molecule has 5 nitrogen and oxygen atoms in total. The second-order valence-corrected chi connectivity index (χ2v) is 2.95. The Bertz CT molecular complexity index is 205. The summed E-state index contributed by atoms with van der Waals surface area (Å²) in [5, 5.41) is 11.3. The van der Waals surface area contributed by atoms with E-state index in [1.165, 1.54) is 0 Å². The van der Waals surface area contributed by atoms with Gasteiger partial charge in [0.15, 0.2) is 0 Å². The maximum absolute atomic E-state index is 10.9. The third-order valence-electron chi connectivity index (χ3n) is 1.88. The Hall–Kier alpha value is -1.10. The summed E-state index contributed by atoms with van der Waals surface area (Å²) in [4.78, 5) is 22.8. The first kappa shape index (κ1) is 8.99. The minimum atomic E-state index is -0.838. The van der Waals surface area contributed by atoms with E-state index in [1.807, 2.05) is 0 Å². The van der Waals surface area contributed by atoms with Gasteiger partial charge in [-0.2, -0.15) is 0 Å². The Balaban J connectivity index is 2.40. The summed E-state index contributed by atoms with van der Waals surface area (Å²) in [5.41, 5.74) is 0. The lowest BCUT2D eigenvalue weighted by Crippen LogP contribution is -2.53. The number of hydrogen-bond acceptors (Lipinski definition) is 3. The molecule has 0 aromatic rings. The van der Waals surface area contributed by atoms with Crippen molar-refractivity contribution in [2.45, 2.75) is 12.5 Å². The van der Waals surface area contributed by atoms with Gasteiger partial charge in [-0.1, -0.05) is 0 Å². The van der Waals surface area contributed by atoms with E-state index in [-0.39, 0.29) is 24.9 Å². The molecule has 1 heterocycles. The third-order valence-corrected chi connectivity index (χ3v) is 1.88. The zero-order valence-corrected chi connectivity index (χ0v) is 6.91. The van der Waals surface area contributed by atoms with Crippen LogP contribution in [0, 0.1) is 0 Å². The summed E-state index contributed by atoms with van der Waals surface area (Å²) in [5.74, 6) is -0.827. The normalized spacial score (nSPS) is 24.2. The van der Waals surface area contributed by atoms with Gasteiger partial charge < -0.3 is 15.3 Å². The Morgan fingerprint density at radius 3 is 3.00 bits per heavy atom. The van der Waals surface area contributed by atoms with Gasteiger partial charge in [-0.3, -0.25) is 9.59 Å². The molecule has 0 aromatic carbocycles. The highest BCUT2D eigenvalue weighted by atomic mass is 16.4. The fraction of sp³-hybridized carbons (Fsp3) is 0.714. The number of hydrogen-bond donors (Lipinski definition) is 2. The maximum atomic E-state index is 10.9. The quantitative estimate of drug-likeness (QED) is 0.554. The number of rotatable bonds is 2. The summed E-state index contributed by atoms with van der Waals surface area (Å²) in [7, 11) is 1.68. The van der Waals surface area contributed by atoms with Gasteiger partial charge >= 0.3 is 5.97 Å². The lowest BCUT2D eigenvalue weighted by Gasteiger charge is -2.29. The lowest BCUT2D eigenvalue weighted by atomic mass is 10.1. The van der Waals surface area contributed by atoms with Crippen LogP contribution >= 0.6 is 0 Å². The molecule has 12 heavy (non-hydrogen) atoms. The molecule has 1 saturated heterocycles. The van der Waals surface area contributed by atoms with Crippen LogP contribution in [-0.2, 0) is 9.59 Å². The van der Waals surface area contributed by atoms with Crippen molar-refractivity contribution in [3.8, 4) is 0 Å². The molecule has 0 aromatic heterocycles. The highest BCUT2D eigenvalue weighted by Gasteiger charge is 2.23. The van der Waals surface area contributed by atoms with E-state index < -0.39 is 5.97 Å². The highest BCUT2D eigenvalue weighted by molar-refractivity contribution is 5.79. The van der Waals surface area contributed by atoms with Crippen LogP contribution < -0.4 is 5.32 Å². The Morgan fingerprint density at radius 2 is 2.50 bits per heavy atom. The van der Waals surface area contributed by atoms with Crippen LogP contribution in [0.25, 0.3) is 0 Å². The molecule has 1 unspecified atom stereocenters. The smallest absolute Gasteiger partial charge is 0.304 e. The van der Waals surface area contributed by atoms with Gasteiger partial charge in [0.1, 0.15) is 0 Å². The average Bonchev–Trinajstić information content (AvgIpc) is 1.96. The van der Waals surface area contributed by atoms with Gasteiger partial charge in [-0.15, -0.1) is 0 Å². The van der Waals surface area contributed by atoms with Crippen molar-refractivity contribution in [1.82, 2.24) is 10.2 Å². The van der Waals surface area contributed by atoms with Crippen molar-refractivity contribution in [3.63, 3.8) is 0 Å². The predicted molar refractivity (Wildman–Crippen MR) is 41.7 cm³/mol. The van der Waals surface area contributed by atoms with Crippen LogP contribution in [0.5, 0.6) is 0 Å². The molecule has 0 saturated carbocycles. The van der Waals surface area contributed by atoms with Crippen LogP contribution in [-0.4, -0.2) is 48.1 Å². The molecule has 68 valence electrons. The van der Waals surface area contributed by atoms with Gasteiger partial charge in [0.2, 0.25) is 5.91 Å². The van der Waals surface area contributed by atoms with Crippen LogP contribution in [0.4, 0.5) is 0 Å². The number of carbonyl (C=O) groups excluding carboxylic acids is 1. The number of nitrogens with one attached hydrogen (secondary N) is 1. The number of amides is 1. The first-order valence-electron chi connectivity index (χ1n) is 3.78. The van der Waals surface area contributed by atoms with Crippen molar-refractivity contribution < 1.29 is 14.7 Å². The van der Waals surface area contributed by atoms with E-state index in [0.29, 0.717) is 6.54 Å². The fourth-order valence-corrected chi connectivity index (χ4v) is 1.21. The Kier molecular flexibility index (Phi) is 2.65. The number of piperazine rings is 1. The Morgan fingerprint density at radius 1 is 1.83 bits per heavy atom. The van der Waals surface area contributed by atoms with Crippen molar-refractivity contribution in [2.24, 2.45) is 0 Å². The minimum absolute atomic E-state index is 0.0108. The van der Waals surface area contributed by atoms with E-state index in [4.69, 9.17) is 5.11 Å². The van der Waals surface area contributed by atoms with Gasteiger partial charge in [0, 0.05) is 19.6 Å². The van der Waals surface area contributed by atoms with Crippen LogP contribution in [0.2, 0.25) is 0 Å². The van der Waals surface area contributed by atoms with E-state index in [1.54, 1.807) is 11.9 Å². The topological polar surface area (TPSA) is 69.6 Å². The molecule has 0 spiro atoms. The van der Waals surface area contributed by atoms with Gasteiger partial charge in [0.25, 0.3) is 0 Å². The fourth-order valence-electron chi connectivity index (χ4n) is 1.21. The predicted octanol–water partition coefficient (Wildman–Crippen LogP) is -1.11. The monoisotopic (exact) mass is 172 g/mol. The van der Waals surface area contributed by atoms with Crippen molar-refractivity contribution >= 4 is 11.9 Å². The van der Waals surface area contributed by atoms with Gasteiger partial charge in [-0.25, -0.2) is 0 Å². The average molecular weight is 172 g/mol. The van der Waals surface area contributed by atoms with Crippen molar-refractivity contribution in [2.75, 3.05) is 20.1 Å². The third kappa shape index (κ3) is 2.20. The Labute approximate surface area is 70.4 Å². The summed E-state index contributed by atoms with van der Waals surface area (Å²) in [6.45, 7) is 0.722. The summed E-state index contributed by atoms with van der Waals surface area (Å²) in [6, 6.07) is -0.106. The molecule has 0 aliphatic carbocycles. The number of likely N-dealkylation sites (N-methyl/N-ethyl adjacent to an activating group) is 1. The number of carboxylic acids is 1. The SMILES string of the molecule is CN1CC(CC(=O)O)NCC1=O. The van der Waals surface area contributed by atoms with Crippen LogP contribution in [0.1, 0.15) is 6.42 Å². The number of nitrogens with zero attached hydrogens (tertiary/aromatic N) is 1. The van der Waals surface area contributed by atoms with Crippen LogP contribution in [0.3, 0.4) is 0 Å². The molecule has 1 amide bonds. The lowest BCUT2D eigenvalue weighted by molar-refractivity contribution is -0.140. The molecular weight excluding hydrogens is 160 g/mol. The molecule has 0 bridgehead atoms. The first-order valence-corrected chi connectivity index (χ1v) is 3.78.